The van der Waals surface area contributed by atoms with E-state index in [2.05, 4.69) is 0 Å². The van der Waals surface area contributed by atoms with Crippen molar-refractivity contribution in [1.29, 1.82) is 0 Å². The number of ether oxygens (including phenoxy) is 1. The lowest BCUT2D eigenvalue weighted by atomic mass is 9.95. The number of hydrogen-bond acceptors (Lipinski definition) is 4. The Hall–Kier alpha value is -3.35. The van der Waals surface area contributed by atoms with Crippen LogP contribution >= 0.6 is 23.2 Å². The molecule has 1 heterocycles. The molecule has 1 atom stereocenters. The van der Waals surface area contributed by atoms with Gasteiger partial charge in [-0.3, -0.25) is 14.5 Å². The summed E-state index contributed by atoms with van der Waals surface area (Å²) < 4.78 is 19.1. The first-order chi connectivity index (χ1) is 15.8. The van der Waals surface area contributed by atoms with Crippen LogP contribution in [0.5, 0.6) is 5.75 Å². The van der Waals surface area contributed by atoms with E-state index in [9.17, 15) is 19.1 Å². The van der Waals surface area contributed by atoms with Crippen LogP contribution in [0, 0.1) is 5.82 Å². The number of Topliss-reactive ketones (excluding diaryl/α,β-unsaturated/α-hetero) is 1. The van der Waals surface area contributed by atoms with Gasteiger partial charge in [0.1, 0.15) is 17.3 Å². The molecule has 3 aromatic rings. The summed E-state index contributed by atoms with van der Waals surface area (Å²) in [5.74, 6) is -2.08. The van der Waals surface area contributed by atoms with Gasteiger partial charge in [0.2, 0.25) is 0 Å². The van der Waals surface area contributed by atoms with Crippen LogP contribution in [-0.4, -0.2) is 23.4 Å². The quantitative estimate of drug-likeness (QED) is 0.267. The highest BCUT2D eigenvalue weighted by Crippen LogP contribution is 2.43. The lowest BCUT2D eigenvalue weighted by molar-refractivity contribution is -0.132. The Bertz CT molecular complexity index is 1270. The number of benzene rings is 3. The minimum Gasteiger partial charge on any atom is -0.507 e. The molecule has 0 aliphatic carbocycles. The summed E-state index contributed by atoms with van der Waals surface area (Å²) in [5.41, 5.74) is 0.915. The molecule has 1 amide bonds. The summed E-state index contributed by atoms with van der Waals surface area (Å²) in [6, 6.07) is 15.4. The number of halogens is 3. The van der Waals surface area contributed by atoms with Gasteiger partial charge in [0.05, 0.1) is 28.3 Å². The van der Waals surface area contributed by atoms with Crippen LogP contribution in [0.4, 0.5) is 10.1 Å². The SMILES string of the molecule is CCOc1cccc(/C(O)=C2\C(=O)C(=O)N(c3ccc(Cl)c(Cl)c3)C2c2ccc(F)cc2)c1. The molecule has 0 radical (unpaired) electrons. The minimum absolute atomic E-state index is 0.133. The van der Waals surface area contributed by atoms with Crippen LogP contribution in [0.1, 0.15) is 24.1 Å². The first-order valence-electron chi connectivity index (χ1n) is 10.1. The molecular formula is C25H18Cl2FNO4. The Morgan fingerprint density at radius 1 is 1.03 bits per heavy atom. The standard InChI is InChI=1S/C25H18Cl2FNO4/c1-2-33-18-5-3-4-15(12-18)23(30)21-22(14-6-8-16(28)9-7-14)29(25(32)24(21)31)17-10-11-19(26)20(27)13-17/h3-13,22,30H,2H2,1H3/b23-21+. The van der Waals surface area contributed by atoms with Crippen LogP contribution in [-0.2, 0) is 9.59 Å². The van der Waals surface area contributed by atoms with Crippen LogP contribution in [0.25, 0.3) is 5.76 Å². The van der Waals surface area contributed by atoms with Crippen molar-refractivity contribution >= 4 is 46.3 Å². The van der Waals surface area contributed by atoms with Gasteiger partial charge in [-0.1, -0.05) is 47.5 Å². The molecule has 1 fully saturated rings. The summed E-state index contributed by atoms with van der Waals surface area (Å²) in [4.78, 5) is 27.5. The third kappa shape index (κ3) is 4.32. The summed E-state index contributed by atoms with van der Waals surface area (Å²) in [6.45, 7) is 2.24. The van der Waals surface area contributed by atoms with Gasteiger partial charge in [-0.05, 0) is 55.0 Å². The zero-order chi connectivity index (χ0) is 23.7. The smallest absolute Gasteiger partial charge is 0.300 e. The number of rotatable bonds is 5. The van der Waals surface area contributed by atoms with Crippen LogP contribution in [0.15, 0.2) is 72.3 Å². The van der Waals surface area contributed by atoms with Crippen molar-refractivity contribution in [3.63, 3.8) is 0 Å². The fourth-order valence-electron chi connectivity index (χ4n) is 3.75. The van der Waals surface area contributed by atoms with Gasteiger partial charge in [-0.15, -0.1) is 0 Å². The van der Waals surface area contributed by atoms with E-state index < -0.39 is 23.5 Å². The van der Waals surface area contributed by atoms with Crippen molar-refractivity contribution in [1.82, 2.24) is 0 Å². The molecule has 5 nitrogen and oxygen atoms in total. The monoisotopic (exact) mass is 485 g/mol. The van der Waals surface area contributed by atoms with Crippen LogP contribution < -0.4 is 9.64 Å². The highest BCUT2D eigenvalue weighted by Gasteiger charge is 2.47. The number of aliphatic hydroxyl groups excluding tert-OH is 1. The molecule has 33 heavy (non-hydrogen) atoms. The second-order valence-electron chi connectivity index (χ2n) is 7.28. The molecule has 1 aliphatic rings. The molecule has 0 saturated carbocycles. The second-order valence-corrected chi connectivity index (χ2v) is 8.09. The average Bonchev–Trinajstić information content (AvgIpc) is 3.07. The Morgan fingerprint density at radius 3 is 2.42 bits per heavy atom. The Kier molecular flexibility index (Phi) is 6.40. The van der Waals surface area contributed by atoms with Crippen molar-refractivity contribution < 1.29 is 23.8 Å². The topological polar surface area (TPSA) is 66.8 Å². The number of carbonyl (C=O) groups excluding carboxylic acids is 2. The largest absolute Gasteiger partial charge is 0.507 e. The maximum Gasteiger partial charge on any atom is 0.300 e. The number of amides is 1. The van der Waals surface area contributed by atoms with E-state index in [4.69, 9.17) is 27.9 Å². The summed E-state index contributed by atoms with van der Waals surface area (Å²) in [5, 5.41) is 11.6. The van der Waals surface area contributed by atoms with Crippen molar-refractivity contribution in [3.05, 3.63) is 99.3 Å². The predicted molar refractivity (Wildman–Crippen MR) is 125 cm³/mol. The molecule has 168 valence electrons. The number of aliphatic hydroxyl groups is 1. The van der Waals surface area contributed by atoms with E-state index >= 15 is 0 Å². The van der Waals surface area contributed by atoms with Crippen molar-refractivity contribution in [2.24, 2.45) is 0 Å². The minimum atomic E-state index is -1.02. The van der Waals surface area contributed by atoms with E-state index in [1.54, 1.807) is 30.3 Å². The third-order valence-electron chi connectivity index (χ3n) is 5.23. The van der Waals surface area contributed by atoms with Gasteiger partial charge in [-0.2, -0.15) is 0 Å². The molecule has 3 aromatic carbocycles. The molecule has 0 aromatic heterocycles. The number of nitrogens with zero attached hydrogens (tertiary/aromatic N) is 1. The number of hydrogen-bond donors (Lipinski definition) is 1. The fraction of sp³-hybridized carbons (Fsp3) is 0.120. The zero-order valence-corrected chi connectivity index (χ0v) is 18.9. The van der Waals surface area contributed by atoms with Gasteiger partial charge in [0.15, 0.2) is 0 Å². The molecule has 1 saturated heterocycles. The molecule has 4 rings (SSSR count). The van der Waals surface area contributed by atoms with E-state index in [1.807, 2.05) is 6.92 Å². The molecule has 0 bridgehead atoms. The molecular weight excluding hydrogens is 468 g/mol. The van der Waals surface area contributed by atoms with Crippen LogP contribution in [0.2, 0.25) is 10.0 Å². The highest BCUT2D eigenvalue weighted by molar-refractivity contribution is 6.52. The van der Waals surface area contributed by atoms with E-state index in [0.717, 1.165) is 0 Å². The summed E-state index contributed by atoms with van der Waals surface area (Å²) in [6.07, 6.45) is 0. The normalized spacial score (nSPS) is 17.5. The van der Waals surface area contributed by atoms with Crippen molar-refractivity contribution in [2.45, 2.75) is 13.0 Å². The van der Waals surface area contributed by atoms with Gasteiger partial charge < -0.3 is 9.84 Å². The van der Waals surface area contributed by atoms with Gasteiger partial charge in [0, 0.05) is 11.3 Å². The van der Waals surface area contributed by atoms with E-state index in [1.165, 1.54) is 41.3 Å². The predicted octanol–water partition coefficient (Wildman–Crippen LogP) is 6.16. The molecule has 8 heteroatoms. The van der Waals surface area contributed by atoms with E-state index in [-0.39, 0.29) is 21.4 Å². The van der Waals surface area contributed by atoms with Gasteiger partial charge in [0.25, 0.3) is 11.7 Å². The molecule has 1 aliphatic heterocycles. The average molecular weight is 486 g/mol. The maximum absolute atomic E-state index is 13.6. The summed E-state index contributed by atoms with van der Waals surface area (Å²) in [7, 11) is 0. The van der Waals surface area contributed by atoms with Crippen molar-refractivity contribution in [3.8, 4) is 5.75 Å². The van der Waals surface area contributed by atoms with Gasteiger partial charge in [-0.25, -0.2) is 4.39 Å². The molecule has 1 unspecified atom stereocenters. The Labute approximate surface area is 199 Å². The molecule has 0 spiro atoms. The van der Waals surface area contributed by atoms with E-state index in [0.29, 0.717) is 29.2 Å². The summed E-state index contributed by atoms with van der Waals surface area (Å²) >= 11 is 12.2. The van der Waals surface area contributed by atoms with Gasteiger partial charge >= 0.3 is 0 Å². The number of ketones is 1. The highest BCUT2D eigenvalue weighted by atomic mass is 35.5. The number of anilines is 1. The van der Waals surface area contributed by atoms with Crippen molar-refractivity contribution in [2.75, 3.05) is 11.5 Å². The Balaban J connectivity index is 1.93. The Morgan fingerprint density at radius 2 is 1.76 bits per heavy atom. The third-order valence-corrected chi connectivity index (χ3v) is 5.97. The second kappa shape index (κ2) is 9.25. The lowest BCUT2D eigenvalue weighted by Gasteiger charge is -2.25. The van der Waals surface area contributed by atoms with Crippen LogP contribution in [0.3, 0.4) is 0 Å². The number of carbonyl (C=O) groups is 2. The zero-order valence-electron chi connectivity index (χ0n) is 17.4. The first-order valence-corrected chi connectivity index (χ1v) is 10.8. The first kappa shape index (κ1) is 22.8. The lowest BCUT2D eigenvalue weighted by Crippen LogP contribution is -2.29. The molecule has 1 N–H and O–H groups in total. The maximum atomic E-state index is 13.6. The fourth-order valence-corrected chi connectivity index (χ4v) is 4.04.